The van der Waals surface area contributed by atoms with Crippen molar-refractivity contribution in [3.8, 4) is 5.75 Å². The van der Waals surface area contributed by atoms with Crippen LogP contribution in [0.3, 0.4) is 0 Å². The van der Waals surface area contributed by atoms with Gasteiger partial charge in [0.1, 0.15) is 5.75 Å². The summed E-state index contributed by atoms with van der Waals surface area (Å²) >= 11 is 0. The number of carbonyl (C=O) groups excluding carboxylic acids is 3. The first-order valence-electron chi connectivity index (χ1n) is 11.1. The van der Waals surface area contributed by atoms with Crippen LogP contribution in [0.1, 0.15) is 27.8 Å². The van der Waals surface area contributed by atoms with Gasteiger partial charge in [0.2, 0.25) is 0 Å². The molecule has 3 N–H and O–H groups in total. The molecular weight excluding hydrogens is 444 g/mol. The Balaban J connectivity index is 1.41. The van der Waals surface area contributed by atoms with Gasteiger partial charge in [0.05, 0.1) is 6.21 Å². The molecule has 0 atom stereocenters. The molecule has 0 aromatic heterocycles. The molecule has 0 radical (unpaired) electrons. The number of benzene rings is 3. The van der Waals surface area contributed by atoms with E-state index in [2.05, 4.69) is 21.2 Å². The fraction of sp³-hybridized carbons (Fsp3) is 0.185. The van der Waals surface area contributed by atoms with Gasteiger partial charge in [-0.3, -0.25) is 14.4 Å². The van der Waals surface area contributed by atoms with Crippen molar-refractivity contribution in [3.63, 3.8) is 0 Å². The van der Waals surface area contributed by atoms with Crippen LogP contribution in [0.15, 0.2) is 71.8 Å². The molecule has 0 fully saturated rings. The van der Waals surface area contributed by atoms with Gasteiger partial charge in [0.15, 0.2) is 6.61 Å². The normalized spacial score (nSPS) is 10.6. The molecule has 3 amide bonds. The Labute approximate surface area is 204 Å². The number of para-hydroxylation sites is 1. The van der Waals surface area contributed by atoms with Gasteiger partial charge in [-0.05, 0) is 67.3 Å². The van der Waals surface area contributed by atoms with Crippen LogP contribution < -0.4 is 20.8 Å². The summed E-state index contributed by atoms with van der Waals surface area (Å²) in [6.45, 7) is 5.96. The number of nitrogens with zero attached hydrogens (tertiary/aromatic N) is 1. The van der Waals surface area contributed by atoms with Gasteiger partial charge >= 0.3 is 11.8 Å². The molecule has 0 aliphatic carbocycles. The van der Waals surface area contributed by atoms with Crippen LogP contribution in [-0.2, 0) is 20.9 Å². The van der Waals surface area contributed by atoms with E-state index >= 15 is 0 Å². The van der Waals surface area contributed by atoms with Crippen LogP contribution in [0.5, 0.6) is 5.75 Å². The highest BCUT2D eigenvalue weighted by molar-refractivity contribution is 6.35. The first kappa shape index (κ1) is 25.2. The summed E-state index contributed by atoms with van der Waals surface area (Å²) in [5.41, 5.74) is 7.64. The van der Waals surface area contributed by atoms with Gasteiger partial charge < -0.3 is 15.4 Å². The van der Waals surface area contributed by atoms with E-state index in [1.165, 1.54) is 6.21 Å². The summed E-state index contributed by atoms with van der Waals surface area (Å²) < 4.78 is 5.54. The highest BCUT2D eigenvalue weighted by Gasteiger charge is 2.12. The van der Waals surface area contributed by atoms with E-state index in [9.17, 15) is 14.4 Å². The van der Waals surface area contributed by atoms with Crippen LogP contribution in [0.2, 0.25) is 0 Å². The molecule has 0 heterocycles. The predicted octanol–water partition coefficient (Wildman–Crippen LogP) is 3.40. The lowest BCUT2D eigenvalue weighted by Gasteiger charge is -2.12. The van der Waals surface area contributed by atoms with Crippen molar-refractivity contribution in [1.29, 1.82) is 0 Å². The molecule has 35 heavy (non-hydrogen) atoms. The highest BCUT2D eigenvalue weighted by atomic mass is 16.5. The van der Waals surface area contributed by atoms with Crippen molar-refractivity contribution in [2.45, 2.75) is 27.3 Å². The number of nitrogens with one attached hydrogen (secondary N) is 3. The lowest BCUT2D eigenvalue weighted by atomic mass is 10.1. The molecular formula is C27H28N4O4. The van der Waals surface area contributed by atoms with Gasteiger partial charge in [-0.15, -0.1) is 0 Å². The van der Waals surface area contributed by atoms with Gasteiger partial charge in [-0.1, -0.05) is 48.0 Å². The van der Waals surface area contributed by atoms with E-state index in [4.69, 9.17) is 4.74 Å². The lowest BCUT2D eigenvalue weighted by Crippen LogP contribution is -2.37. The number of ether oxygens (including phenoxy) is 1. The van der Waals surface area contributed by atoms with Crippen molar-refractivity contribution < 1.29 is 19.1 Å². The number of amides is 3. The Morgan fingerprint density at radius 3 is 2.17 bits per heavy atom. The molecule has 0 aliphatic rings. The zero-order valence-electron chi connectivity index (χ0n) is 19.9. The quantitative estimate of drug-likeness (QED) is 0.265. The van der Waals surface area contributed by atoms with Crippen LogP contribution >= 0.6 is 0 Å². The maximum atomic E-state index is 12.2. The third-order valence-electron chi connectivity index (χ3n) is 5.16. The van der Waals surface area contributed by atoms with Crippen molar-refractivity contribution in [2.75, 3.05) is 11.9 Å². The molecule has 0 saturated heterocycles. The third kappa shape index (κ3) is 7.82. The van der Waals surface area contributed by atoms with Gasteiger partial charge in [-0.25, -0.2) is 5.43 Å². The second-order valence-corrected chi connectivity index (χ2v) is 8.04. The van der Waals surface area contributed by atoms with Crippen LogP contribution in [-0.4, -0.2) is 30.5 Å². The second-order valence-electron chi connectivity index (χ2n) is 8.04. The molecule has 0 spiro atoms. The minimum Gasteiger partial charge on any atom is -0.484 e. The Hall–Kier alpha value is -4.46. The largest absolute Gasteiger partial charge is 0.484 e. The Morgan fingerprint density at radius 1 is 0.857 bits per heavy atom. The van der Waals surface area contributed by atoms with E-state index < -0.39 is 11.8 Å². The average molecular weight is 473 g/mol. The lowest BCUT2D eigenvalue weighted by molar-refractivity contribution is -0.139. The maximum Gasteiger partial charge on any atom is 0.329 e. The predicted molar refractivity (Wildman–Crippen MR) is 135 cm³/mol. The zero-order chi connectivity index (χ0) is 25.2. The maximum absolute atomic E-state index is 12.2. The van der Waals surface area contributed by atoms with E-state index in [0.29, 0.717) is 11.3 Å². The van der Waals surface area contributed by atoms with Gasteiger partial charge in [0.25, 0.3) is 5.91 Å². The Bertz CT molecular complexity index is 1200. The standard InChI is InChI=1S/C27H28N4O4/c1-18-7-9-21(10-8-18)15-28-26(33)27(34)31-29-16-22-11-13-23(14-12-22)35-17-24(32)30-25-19(2)5-4-6-20(25)3/h4-14,16H,15,17H2,1-3H3,(H,28,33)(H,30,32)(H,31,34)/b29-16-. The molecule has 0 saturated carbocycles. The van der Waals surface area contributed by atoms with E-state index in [-0.39, 0.29) is 19.1 Å². The number of rotatable bonds is 8. The third-order valence-corrected chi connectivity index (χ3v) is 5.16. The SMILES string of the molecule is Cc1ccc(CNC(=O)C(=O)N/N=C\c2ccc(OCC(=O)Nc3c(C)cccc3C)cc2)cc1. The van der Waals surface area contributed by atoms with Crippen LogP contribution in [0.4, 0.5) is 5.69 Å². The first-order chi connectivity index (χ1) is 16.8. The molecule has 8 heteroatoms. The minimum absolute atomic E-state index is 0.130. The molecule has 3 aromatic carbocycles. The number of aryl methyl sites for hydroxylation is 3. The van der Waals surface area contributed by atoms with Crippen LogP contribution in [0, 0.1) is 20.8 Å². The summed E-state index contributed by atoms with van der Waals surface area (Å²) in [5.74, 6) is -1.37. The monoisotopic (exact) mass is 472 g/mol. The Kier molecular flexibility index (Phi) is 8.72. The van der Waals surface area contributed by atoms with Crippen molar-refractivity contribution in [1.82, 2.24) is 10.7 Å². The van der Waals surface area contributed by atoms with E-state index in [1.54, 1.807) is 24.3 Å². The molecule has 3 aromatic rings. The van der Waals surface area contributed by atoms with Crippen LogP contribution in [0.25, 0.3) is 0 Å². The number of anilines is 1. The smallest absolute Gasteiger partial charge is 0.329 e. The second kappa shape index (κ2) is 12.1. The fourth-order valence-electron chi connectivity index (χ4n) is 3.17. The van der Waals surface area contributed by atoms with Gasteiger partial charge in [0, 0.05) is 12.2 Å². The molecule has 0 bridgehead atoms. The number of hydrogen-bond acceptors (Lipinski definition) is 5. The van der Waals surface area contributed by atoms with E-state index in [1.807, 2.05) is 63.2 Å². The van der Waals surface area contributed by atoms with Crippen molar-refractivity contribution in [3.05, 3.63) is 94.5 Å². The number of hydrogen-bond donors (Lipinski definition) is 3. The first-order valence-corrected chi connectivity index (χ1v) is 11.1. The van der Waals surface area contributed by atoms with Crippen molar-refractivity contribution >= 4 is 29.6 Å². The summed E-state index contributed by atoms with van der Waals surface area (Å²) in [5, 5.41) is 9.22. The molecule has 0 aliphatic heterocycles. The van der Waals surface area contributed by atoms with E-state index in [0.717, 1.165) is 27.9 Å². The molecule has 3 rings (SSSR count). The fourth-order valence-corrected chi connectivity index (χ4v) is 3.17. The summed E-state index contributed by atoms with van der Waals surface area (Å²) in [6, 6.07) is 20.2. The Morgan fingerprint density at radius 2 is 1.51 bits per heavy atom. The summed E-state index contributed by atoms with van der Waals surface area (Å²) in [6.07, 6.45) is 1.41. The minimum atomic E-state index is -0.858. The molecule has 8 nitrogen and oxygen atoms in total. The molecule has 0 unspecified atom stereocenters. The summed E-state index contributed by atoms with van der Waals surface area (Å²) in [4.78, 5) is 36.0. The average Bonchev–Trinajstić information content (AvgIpc) is 2.85. The highest BCUT2D eigenvalue weighted by Crippen LogP contribution is 2.19. The molecule has 180 valence electrons. The van der Waals surface area contributed by atoms with Gasteiger partial charge in [-0.2, -0.15) is 5.10 Å². The topological polar surface area (TPSA) is 109 Å². The number of carbonyl (C=O) groups is 3. The number of hydrazone groups is 1. The zero-order valence-corrected chi connectivity index (χ0v) is 19.9. The summed E-state index contributed by atoms with van der Waals surface area (Å²) in [7, 11) is 0. The van der Waals surface area contributed by atoms with Crippen molar-refractivity contribution in [2.24, 2.45) is 5.10 Å².